The van der Waals surface area contributed by atoms with E-state index < -0.39 is 17.9 Å². The summed E-state index contributed by atoms with van der Waals surface area (Å²) in [6.45, 7) is 4.99. The number of carbonyl (C=O) groups is 3. The molecule has 0 spiro atoms. The van der Waals surface area contributed by atoms with Crippen LogP contribution in [0.1, 0.15) is 38.9 Å². The Balaban J connectivity index is 2.10. The molecule has 1 atom stereocenters. The predicted molar refractivity (Wildman–Crippen MR) is 94.2 cm³/mol. The van der Waals surface area contributed by atoms with Gasteiger partial charge >= 0.3 is 0 Å². The van der Waals surface area contributed by atoms with Gasteiger partial charge < -0.3 is 16.4 Å². The summed E-state index contributed by atoms with van der Waals surface area (Å²) in [7, 11) is 0. The van der Waals surface area contributed by atoms with Crippen molar-refractivity contribution in [2.45, 2.75) is 26.8 Å². The van der Waals surface area contributed by atoms with Crippen LogP contribution in [-0.2, 0) is 4.79 Å². The predicted octanol–water partition coefficient (Wildman–Crippen LogP) is 1.55. The van der Waals surface area contributed by atoms with Gasteiger partial charge in [0.1, 0.15) is 6.04 Å². The Morgan fingerprint density at radius 1 is 1.08 bits per heavy atom. The quantitative estimate of drug-likeness (QED) is 0.766. The van der Waals surface area contributed by atoms with Crippen LogP contribution in [0.5, 0.6) is 0 Å². The van der Waals surface area contributed by atoms with Gasteiger partial charge in [0.15, 0.2) is 0 Å². The smallest absolute Gasteiger partial charge is 0.252 e. The van der Waals surface area contributed by atoms with Crippen LogP contribution >= 0.6 is 0 Å². The van der Waals surface area contributed by atoms with Crippen LogP contribution in [0.2, 0.25) is 0 Å². The fourth-order valence-corrected chi connectivity index (χ4v) is 2.35. The number of hydrogen-bond acceptors (Lipinski definition) is 4. The van der Waals surface area contributed by atoms with E-state index in [9.17, 15) is 14.4 Å². The minimum atomic E-state index is -0.774. The number of carbonyl (C=O) groups excluding carboxylic acids is 3. The molecule has 130 valence electrons. The molecule has 2 aromatic rings. The van der Waals surface area contributed by atoms with Gasteiger partial charge in [-0.15, -0.1) is 0 Å². The molecule has 0 saturated carbocycles. The number of primary amides is 1. The Morgan fingerprint density at radius 2 is 1.76 bits per heavy atom. The molecule has 4 N–H and O–H groups in total. The molecular formula is C18H20N4O3. The van der Waals surface area contributed by atoms with Gasteiger partial charge in [-0.25, -0.2) is 0 Å². The Morgan fingerprint density at radius 3 is 2.40 bits per heavy atom. The third-order valence-corrected chi connectivity index (χ3v) is 3.85. The lowest BCUT2D eigenvalue weighted by molar-refractivity contribution is -0.117. The zero-order chi connectivity index (χ0) is 18.6. The zero-order valence-electron chi connectivity index (χ0n) is 14.3. The molecule has 1 aromatic heterocycles. The van der Waals surface area contributed by atoms with E-state index >= 15 is 0 Å². The van der Waals surface area contributed by atoms with Crippen molar-refractivity contribution in [1.29, 1.82) is 0 Å². The number of amides is 3. The molecular weight excluding hydrogens is 320 g/mol. The molecule has 0 aliphatic carbocycles. The number of nitrogens with one attached hydrogen (secondary N) is 2. The summed E-state index contributed by atoms with van der Waals surface area (Å²) >= 11 is 0. The lowest BCUT2D eigenvalue weighted by atomic mass is 10.0. The van der Waals surface area contributed by atoms with Crippen LogP contribution in [0.15, 0.2) is 36.5 Å². The van der Waals surface area contributed by atoms with Gasteiger partial charge in [0.25, 0.3) is 5.91 Å². The second-order valence-electron chi connectivity index (χ2n) is 5.66. The summed E-state index contributed by atoms with van der Waals surface area (Å²) in [4.78, 5) is 40.2. The summed E-state index contributed by atoms with van der Waals surface area (Å²) in [5, 5.41) is 5.34. The highest BCUT2D eigenvalue weighted by molar-refractivity contribution is 6.04. The SMILES string of the molecule is Cc1ncccc1NC(=O)[C@H](C)NC(=O)c1cccc(C(N)=O)c1C. The van der Waals surface area contributed by atoms with E-state index in [1.807, 2.05) is 0 Å². The summed E-state index contributed by atoms with van der Waals surface area (Å²) in [5.41, 5.74) is 7.60. The lowest BCUT2D eigenvalue weighted by Gasteiger charge is -2.16. The monoisotopic (exact) mass is 340 g/mol. The van der Waals surface area contributed by atoms with Crippen LogP contribution in [0.25, 0.3) is 0 Å². The molecule has 0 radical (unpaired) electrons. The van der Waals surface area contributed by atoms with Crippen LogP contribution in [0, 0.1) is 13.8 Å². The summed E-state index contributed by atoms with van der Waals surface area (Å²) in [5.74, 6) is -1.43. The number of pyridine rings is 1. The average Bonchev–Trinajstić information content (AvgIpc) is 2.56. The first-order valence-electron chi connectivity index (χ1n) is 7.74. The average molecular weight is 340 g/mol. The van der Waals surface area contributed by atoms with Crippen LogP contribution < -0.4 is 16.4 Å². The standard InChI is InChI=1S/C18H20N4O3/c1-10-13(16(19)23)6-4-7-14(10)18(25)21-12(3)17(24)22-15-8-5-9-20-11(15)2/h4-9,12H,1-3H3,(H2,19,23)(H,21,25)(H,22,24)/t12-/m0/s1. The number of aryl methyl sites for hydroxylation is 1. The second kappa shape index (κ2) is 7.57. The molecule has 2 rings (SSSR count). The van der Waals surface area contributed by atoms with Gasteiger partial charge in [0.05, 0.1) is 11.4 Å². The van der Waals surface area contributed by atoms with Gasteiger partial charge in [-0.1, -0.05) is 6.07 Å². The second-order valence-corrected chi connectivity index (χ2v) is 5.66. The molecule has 7 heteroatoms. The van der Waals surface area contributed by atoms with Crippen molar-refractivity contribution in [3.63, 3.8) is 0 Å². The van der Waals surface area contributed by atoms with Crippen LogP contribution in [0.3, 0.4) is 0 Å². The highest BCUT2D eigenvalue weighted by Crippen LogP contribution is 2.14. The van der Waals surface area contributed by atoms with Gasteiger partial charge in [0, 0.05) is 17.3 Å². The molecule has 3 amide bonds. The third-order valence-electron chi connectivity index (χ3n) is 3.85. The van der Waals surface area contributed by atoms with Gasteiger partial charge in [-0.05, 0) is 50.6 Å². The first-order valence-corrected chi connectivity index (χ1v) is 7.74. The summed E-state index contributed by atoms with van der Waals surface area (Å²) in [6.07, 6.45) is 1.63. The van der Waals surface area contributed by atoms with Crippen molar-refractivity contribution in [2.75, 3.05) is 5.32 Å². The first-order chi connectivity index (χ1) is 11.8. The molecule has 0 aliphatic heterocycles. The molecule has 0 unspecified atom stereocenters. The first kappa shape index (κ1) is 18.1. The number of anilines is 1. The fraction of sp³-hybridized carbons (Fsp3) is 0.222. The van der Waals surface area contributed by atoms with Crippen LogP contribution in [0.4, 0.5) is 5.69 Å². The Labute approximate surface area is 145 Å². The van der Waals surface area contributed by atoms with E-state index in [0.29, 0.717) is 22.5 Å². The number of nitrogens with two attached hydrogens (primary N) is 1. The Bertz CT molecular complexity index is 833. The lowest BCUT2D eigenvalue weighted by Crippen LogP contribution is -2.42. The molecule has 1 heterocycles. The van der Waals surface area contributed by atoms with Gasteiger partial charge in [0.2, 0.25) is 11.8 Å². The Hall–Kier alpha value is -3.22. The molecule has 1 aromatic carbocycles. The maximum atomic E-state index is 12.4. The number of benzene rings is 1. The topological polar surface area (TPSA) is 114 Å². The Kier molecular flexibility index (Phi) is 5.49. The molecule has 0 aliphatic rings. The minimum Gasteiger partial charge on any atom is -0.366 e. The summed E-state index contributed by atoms with van der Waals surface area (Å²) < 4.78 is 0. The van der Waals surface area contributed by atoms with Crippen molar-refractivity contribution in [3.05, 3.63) is 58.9 Å². The van der Waals surface area contributed by atoms with E-state index in [1.54, 1.807) is 57.3 Å². The van der Waals surface area contributed by atoms with Crippen molar-refractivity contribution in [1.82, 2.24) is 10.3 Å². The van der Waals surface area contributed by atoms with Crippen molar-refractivity contribution in [3.8, 4) is 0 Å². The largest absolute Gasteiger partial charge is 0.366 e. The molecule has 0 bridgehead atoms. The van der Waals surface area contributed by atoms with Crippen LogP contribution in [-0.4, -0.2) is 28.7 Å². The van der Waals surface area contributed by atoms with E-state index in [1.165, 1.54) is 0 Å². The maximum absolute atomic E-state index is 12.4. The minimum absolute atomic E-state index is 0.274. The van der Waals surface area contributed by atoms with E-state index in [2.05, 4.69) is 15.6 Å². The highest BCUT2D eigenvalue weighted by Gasteiger charge is 2.20. The van der Waals surface area contributed by atoms with E-state index in [4.69, 9.17) is 5.73 Å². The normalized spacial score (nSPS) is 11.5. The molecule has 0 fully saturated rings. The van der Waals surface area contributed by atoms with Crippen molar-refractivity contribution >= 4 is 23.4 Å². The number of nitrogens with zero attached hydrogens (tertiary/aromatic N) is 1. The van der Waals surface area contributed by atoms with Crippen molar-refractivity contribution in [2.24, 2.45) is 5.73 Å². The number of hydrogen-bond donors (Lipinski definition) is 3. The van der Waals surface area contributed by atoms with Gasteiger partial charge in [-0.3, -0.25) is 19.4 Å². The number of rotatable bonds is 5. The zero-order valence-corrected chi connectivity index (χ0v) is 14.3. The highest BCUT2D eigenvalue weighted by atomic mass is 16.2. The van der Waals surface area contributed by atoms with Gasteiger partial charge in [-0.2, -0.15) is 0 Å². The molecule has 0 saturated heterocycles. The molecule has 25 heavy (non-hydrogen) atoms. The summed E-state index contributed by atoms with van der Waals surface area (Å²) in [6, 6.07) is 7.37. The maximum Gasteiger partial charge on any atom is 0.252 e. The van der Waals surface area contributed by atoms with E-state index in [0.717, 1.165) is 0 Å². The third kappa shape index (κ3) is 4.20. The fourth-order valence-electron chi connectivity index (χ4n) is 2.35. The van der Waals surface area contributed by atoms with E-state index in [-0.39, 0.29) is 11.5 Å². The number of aromatic nitrogens is 1. The molecule has 7 nitrogen and oxygen atoms in total. The van der Waals surface area contributed by atoms with Crippen molar-refractivity contribution < 1.29 is 14.4 Å².